The van der Waals surface area contributed by atoms with Crippen LogP contribution in [0.15, 0.2) is 67.0 Å². The van der Waals surface area contributed by atoms with E-state index in [1.807, 2.05) is 18.5 Å². The van der Waals surface area contributed by atoms with Gasteiger partial charge in [-0.25, -0.2) is 4.98 Å². The largest absolute Gasteiger partial charge is 0.361 e. The van der Waals surface area contributed by atoms with Crippen molar-refractivity contribution in [2.75, 3.05) is 5.32 Å². The summed E-state index contributed by atoms with van der Waals surface area (Å²) in [7, 11) is 0. The molecule has 29 heavy (non-hydrogen) atoms. The number of nitrogens with zero attached hydrogens (tertiary/aromatic N) is 1. The number of aromatic amines is 1. The fraction of sp³-hybridized carbons (Fsp3) is 0.0800. The predicted molar refractivity (Wildman–Crippen MR) is 126 cm³/mol. The quantitative estimate of drug-likeness (QED) is 0.335. The van der Waals surface area contributed by atoms with E-state index >= 15 is 0 Å². The van der Waals surface area contributed by atoms with Crippen molar-refractivity contribution in [3.05, 3.63) is 88.6 Å². The Morgan fingerprint density at radius 1 is 0.897 bits per heavy atom. The van der Waals surface area contributed by atoms with Crippen LogP contribution in [0.3, 0.4) is 0 Å². The highest BCUT2D eigenvalue weighted by Gasteiger charge is 2.13. The third-order valence-electron chi connectivity index (χ3n) is 5.37. The first-order chi connectivity index (χ1) is 14.2. The maximum absolute atomic E-state index is 4.62. The minimum atomic E-state index is 1.06. The van der Waals surface area contributed by atoms with Crippen molar-refractivity contribution in [3.8, 4) is 0 Å². The van der Waals surface area contributed by atoms with E-state index < -0.39 is 0 Å². The van der Waals surface area contributed by atoms with Gasteiger partial charge in [-0.05, 0) is 60.9 Å². The van der Waals surface area contributed by atoms with Gasteiger partial charge in [-0.3, -0.25) is 0 Å². The maximum Gasteiger partial charge on any atom is 0.126 e. The molecule has 2 N–H and O–H groups in total. The molecule has 0 amide bonds. The lowest BCUT2D eigenvalue weighted by Gasteiger charge is -2.12. The number of H-pyrrole nitrogens is 1. The van der Waals surface area contributed by atoms with E-state index in [-0.39, 0.29) is 0 Å². The number of aryl methyl sites for hydroxylation is 2. The second-order valence-electron chi connectivity index (χ2n) is 7.18. The van der Waals surface area contributed by atoms with Gasteiger partial charge in [0.2, 0.25) is 0 Å². The number of rotatable bonds is 4. The Balaban J connectivity index is 1.55. The fourth-order valence-electron chi connectivity index (χ4n) is 3.75. The Morgan fingerprint density at radius 2 is 1.76 bits per heavy atom. The Bertz CT molecular complexity index is 1340. The topological polar surface area (TPSA) is 40.7 Å². The van der Waals surface area contributed by atoms with Gasteiger partial charge in [-0.15, -0.1) is 11.3 Å². The van der Waals surface area contributed by atoms with Gasteiger partial charge in [0.1, 0.15) is 4.83 Å². The van der Waals surface area contributed by atoms with E-state index in [0.717, 1.165) is 21.7 Å². The number of thiophene rings is 1. The zero-order valence-electron chi connectivity index (χ0n) is 16.4. The van der Waals surface area contributed by atoms with Gasteiger partial charge in [0.25, 0.3) is 0 Å². The van der Waals surface area contributed by atoms with E-state index in [4.69, 9.17) is 0 Å². The summed E-state index contributed by atoms with van der Waals surface area (Å²) in [4.78, 5) is 10.2. The van der Waals surface area contributed by atoms with Gasteiger partial charge >= 0.3 is 0 Å². The highest BCUT2D eigenvalue weighted by Crippen LogP contribution is 2.37. The minimum absolute atomic E-state index is 1.06. The Morgan fingerprint density at radius 3 is 2.62 bits per heavy atom. The first kappa shape index (κ1) is 17.7. The molecule has 5 aromatic rings. The number of hydrogen-bond acceptors (Lipinski definition) is 3. The minimum Gasteiger partial charge on any atom is -0.361 e. The monoisotopic (exact) mass is 395 g/mol. The second kappa shape index (κ2) is 7.22. The first-order valence-corrected chi connectivity index (χ1v) is 10.5. The summed E-state index contributed by atoms with van der Waals surface area (Å²) in [6.07, 6.45) is 8.22. The molecule has 2 aromatic carbocycles. The van der Waals surface area contributed by atoms with Crippen molar-refractivity contribution in [1.29, 1.82) is 0 Å². The smallest absolute Gasteiger partial charge is 0.126 e. The van der Waals surface area contributed by atoms with Crippen LogP contribution in [0, 0.1) is 13.8 Å². The molecule has 0 atom stereocenters. The van der Waals surface area contributed by atoms with E-state index in [0.29, 0.717) is 0 Å². The number of hydrogen-bond donors (Lipinski definition) is 2. The van der Waals surface area contributed by atoms with Gasteiger partial charge < -0.3 is 10.3 Å². The molecule has 0 radical (unpaired) electrons. The summed E-state index contributed by atoms with van der Waals surface area (Å²) in [5.41, 5.74) is 7.08. The molecule has 142 valence electrons. The van der Waals surface area contributed by atoms with Gasteiger partial charge in [0.15, 0.2) is 0 Å². The molecule has 4 heteroatoms. The van der Waals surface area contributed by atoms with Gasteiger partial charge in [0, 0.05) is 39.2 Å². The number of fused-ring (bicyclic) bond motifs is 2. The molecule has 0 aliphatic carbocycles. The lowest BCUT2D eigenvalue weighted by Crippen LogP contribution is -1.95. The zero-order valence-corrected chi connectivity index (χ0v) is 17.2. The molecule has 0 spiro atoms. The number of aromatic nitrogens is 2. The lowest BCUT2D eigenvalue weighted by atomic mass is 10.1. The van der Waals surface area contributed by atoms with Crippen molar-refractivity contribution < 1.29 is 0 Å². The van der Waals surface area contributed by atoms with Crippen LogP contribution in [0.25, 0.3) is 33.3 Å². The van der Waals surface area contributed by atoms with Crippen LogP contribution in [0.5, 0.6) is 0 Å². The van der Waals surface area contributed by atoms with Crippen molar-refractivity contribution in [2.24, 2.45) is 0 Å². The van der Waals surface area contributed by atoms with Crippen molar-refractivity contribution in [2.45, 2.75) is 13.8 Å². The molecule has 0 aliphatic heterocycles. The molecule has 0 fully saturated rings. The number of pyridine rings is 1. The summed E-state index contributed by atoms with van der Waals surface area (Å²) in [5.74, 6) is 0. The summed E-state index contributed by atoms with van der Waals surface area (Å²) < 4.78 is 0. The molecule has 3 heterocycles. The molecule has 0 unspecified atom stereocenters. The van der Waals surface area contributed by atoms with Crippen molar-refractivity contribution in [1.82, 2.24) is 9.97 Å². The van der Waals surface area contributed by atoms with Crippen molar-refractivity contribution >= 4 is 56.0 Å². The SMILES string of the molecule is Cc1c(Nc2ccnc3sc(C=Cc4ccccc4)c(C)c23)ccc2[nH]ccc12. The molecule has 0 aliphatic rings. The first-order valence-electron chi connectivity index (χ1n) is 9.65. The van der Waals surface area contributed by atoms with Crippen LogP contribution in [-0.4, -0.2) is 9.97 Å². The Labute approximate surface area is 173 Å². The van der Waals surface area contributed by atoms with E-state index in [1.165, 1.54) is 32.3 Å². The third kappa shape index (κ3) is 3.22. The molecule has 3 nitrogen and oxygen atoms in total. The molecule has 0 saturated carbocycles. The zero-order chi connectivity index (χ0) is 19.8. The van der Waals surface area contributed by atoms with Crippen LogP contribution in [0.1, 0.15) is 21.6 Å². The number of benzene rings is 2. The van der Waals surface area contributed by atoms with Crippen LogP contribution in [0.4, 0.5) is 11.4 Å². The highest BCUT2D eigenvalue weighted by molar-refractivity contribution is 7.19. The van der Waals surface area contributed by atoms with E-state index in [1.54, 1.807) is 11.3 Å². The molecule has 0 bridgehead atoms. The standard InChI is InChI=1S/C25H21N3S/c1-16-19-12-14-26-21(19)10-9-20(16)28-22-13-15-27-25-24(22)17(2)23(29-25)11-8-18-6-4-3-5-7-18/h3-15,26H,1-2H3,(H,27,28). The summed E-state index contributed by atoms with van der Waals surface area (Å²) in [6, 6.07) is 18.8. The van der Waals surface area contributed by atoms with Crippen molar-refractivity contribution in [3.63, 3.8) is 0 Å². The molecule has 5 rings (SSSR count). The van der Waals surface area contributed by atoms with Gasteiger partial charge in [-0.2, -0.15) is 0 Å². The second-order valence-corrected chi connectivity index (χ2v) is 8.21. The normalized spacial score (nSPS) is 11.7. The Kier molecular flexibility index (Phi) is 4.41. The molecule has 0 saturated heterocycles. The van der Waals surface area contributed by atoms with E-state index in [9.17, 15) is 0 Å². The average Bonchev–Trinajstić information content (AvgIpc) is 3.35. The van der Waals surface area contributed by atoms with Crippen LogP contribution >= 0.6 is 11.3 Å². The molecular formula is C25H21N3S. The summed E-state index contributed by atoms with van der Waals surface area (Å²) in [6.45, 7) is 4.34. The van der Waals surface area contributed by atoms with E-state index in [2.05, 4.69) is 89.8 Å². The molecular weight excluding hydrogens is 374 g/mol. The van der Waals surface area contributed by atoms with Crippen LogP contribution in [0.2, 0.25) is 0 Å². The third-order valence-corrected chi connectivity index (χ3v) is 6.53. The molecule has 3 aromatic heterocycles. The highest BCUT2D eigenvalue weighted by atomic mass is 32.1. The van der Waals surface area contributed by atoms with Gasteiger partial charge in [-0.1, -0.05) is 36.4 Å². The maximum atomic E-state index is 4.62. The number of anilines is 2. The van der Waals surface area contributed by atoms with Crippen LogP contribution in [-0.2, 0) is 0 Å². The van der Waals surface area contributed by atoms with Crippen LogP contribution < -0.4 is 5.32 Å². The number of nitrogens with one attached hydrogen (secondary N) is 2. The average molecular weight is 396 g/mol. The summed E-state index contributed by atoms with van der Waals surface area (Å²) in [5, 5.41) is 6.09. The van der Waals surface area contributed by atoms with Gasteiger partial charge in [0.05, 0.1) is 5.69 Å². The fourth-order valence-corrected chi connectivity index (χ4v) is 4.83. The lowest BCUT2D eigenvalue weighted by molar-refractivity contribution is 1.41. The predicted octanol–water partition coefficient (Wildman–Crippen LogP) is 7.31. The summed E-state index contributed by atoms with van der Waals surface area (Å²) >= 11 is 1.73. The Hall–Kier alpha value is -3.37.